The summed E-state index contributed by atoms with van der Waals surface area (Å²) in [7, 11) is 0. The molecule has 1 heterocycles. The average Bonchev–Trinajstić information content (AvgIpc) is 2.96. The van der Waals surface area contributed by atoms with E-state index in [0.29, 0.717) is 52.1 Å². The maximum atomic E-state index is 12.4. The molecule has 1 N–H and O–H groups in total. The van der Waals surface area contributed by atoms with Crippen LogP contribution in [0.25, 0.3) is 6.08 Å². The number of ether oxygens (including phenoxy) is 2. The Labute approximate surface area is 185 Å². The molecule has 8 heteroatoms. The summed E-state index contributed by atoms with van der Waals surface area (Å²) in [6, 6.07) is 10.8. The molecule has 1 aliphatic rings. The van der Waals surface area contributed by atoms with Gasteiger partial charge in [-0.1, -0.05) is 35.3 Å². The lowest BCUT2D eigenvalue weighted by Crippen LogP contribution is -2.30. The number of hydrogen-bond acceptors (Lipinski definition) is 4. The first-order valence-electron chi connectivity index (χ1n) is 9.11. The van der Waals surface area contributed by atoms with Crippen molar-refractivity contribution in [1.29, 1.82) is 0 Å². The first kappa shape index (κ1) is 21.4. The Morgan fingerprint density at radius 1 is 1.07 bits per heavy atom. The van der Waals surface area contributed by atoms with Gasteiger partial charge in [-0.15, -0.1) is 0 Å². The molecule has 1 aliphatic heterocycles. The van der Waals surface area contributed by atoms with Crippen LogP contribution in [0.3, 0.4) is 0 Å². The lowest BCUT2D eigenvalue weighted by atomic mass is 10.1. The van der Waals surface area contributed by atoms with Gasteiger partial charge >= 0.3 is 0 Å². The molecule has 1 fully saturated rings. The van der Waals surface area contributed by atoms with Gasteiger partial charge in [0.1, 0.15) is 12.3 Å². The zero-order chi connectivity index (χ0) is 21.0. The van der Waals surface area contributed by atoms with Crippen LogP contribution in [0.1, 0.15) is 25.0 Å². The quantitative estimate of drug-likeness (QED) is 0.472. The van der Waals surface area contributed by atoms with Gasteiger partial charge in [0.15, 0.2) is 16.6 Å². The van der Waals surface area contributed by atoms with Crippen molar-refractivity contribution in [3.8, 4) is 11.5 Å². The summed E-state index contributed by atoms with van der Waals surface area (Å²) in [5.74, 6) is 1.04. The molecule has 0 saturated carbocycles. The van der Waals surface area contributed by atoms with Gasteiger partial charge in [0, 0.05) is 6.54 Å². The third kappa shape index (κ3) is 5.01. The van der Waals surface area contributed by atoms with Crippen molar-refractivity contribution >= 4 is 52.5 Å². The minimum Gasteiger partial charge on any atom is -0.490 e. The smallest absolute Gasteiger partial charge is 0.276 e. The van der Waals surface area contributed by atoms with Crippen LogP contribution in [-0.4, -0.2) is 29.1 Å². The van der Waals surface area contributed by atoms with Crippen LogP contribution in [0.15, 0.2) is 42.1 Å². The lowest BCUT2D eigenvalue weighted by Gasteiger charge is -2.13. The molecule has 1 amide bonds. The highest BCUT2D eigenvalue weighted by Gasteiger charge is 2.29. The number of halogens is 2. The van der Waals surface area contributed by atoms with Crippen molar-refractivity contribution in [2.45, 2.75) is 20.5 Å². The van der Waals surface area contributed by atoms with Crippen molar-refractivity contribution < 1.29 is 14.3 Å². The Morgan fingerprint density at radius 2 is 1.86 bits per heavy atom. The number of likely N-dealkylation sites (N-methyl/N-ethyl adjacent to an activating group) is 1. The molecule has 152 valence electrons. The summed E-state index contributed by atoms with van der Waals surface area (Å²) < 4.78 is 11.6. The number of nitrogens with zero attached hydrogens (tertiary/aromatic N) is 1. The Kier molecular flexibility index (Phi) is 7.00. The van der Waals surface area contributed by atoms with Gasteiger partial charge in [0.2, 0.25) is 0 Å². The van der Waals surface area contributed by atoms with Crippen molar-refractivity contribution in [1.82, 2.24) is 10.2 Å². The van der Waals surface area contributed by atoms with E-state index in [2.05, 4.69) is 5.32 Å². The number of hydrogen-bond donors (Lipinski definition) is 1. The zero-order valence-electron chi connectivity index (χ0n) is 16.0. The maximum Gasteiger partial charge on any atom is 0.276 e. The molecule has 0 bridgehead atoms. The summed E-state index contributed by atoms with van der Waals surface area (Å²) >= 11 is 17.2. The summed E-state index contributed by atoms with van der Waals surface area (Å²) in [4.78, 5) is 13.9. The summed E-state index contributed by atoms with van der Waals surface area (Å²) in [5.41, 5.74) is 2.12. The summed E-state index contributed by atoms with van der Waals surface area (Å²) in [5, 5.41) is 4.34. The van der Waals surface area contributed by atoms with Gasteiger partial charge in [-0.3, -0.25) is 9.69 Å². The molecule has 0 atom stereocenters. The number of rotatable bonds is 7. The molecule has 29 heavy (non-hydrogen) atoms. The van der Waals surface area contributed by atoms with Gasteiger partial charge in [0.25, 0.3) is 5.91 Å². The number of nitrogens with one attached hydrogen (secondary N) is 1. The number of carbonyl (C=O) groups is 1. The Balaban J connectivity index is 1.80. The first-order valence-corrected chi connectivity index (χ1v) is 10.3. The normalized spacial score (nSPS) is 15.0. The standard InChI is InChI=1S/C21H20Cl2N2O3S/c1-3-25-20(26)17(24-21(25)29)10-13-6-8-18(19(11-13)27-4-2)28-12-14-5-7-15(22)16(23)9-14/h5-11H,3-4,12H2,1-2H3,(H,24,29)/b17-10-. The monoisotopic (exact) mass is 450 g/mol. The predicted octanol–water partition coefficient (Wildman–Crippen LogP) is 5.05. The Bertz CT molecular complexity index is 978. The fourth-order valence-electron chi connectivity index (χ4n) is 2.82. The summed E-state index contributed by atoms with van der Waals surface area (Å²) in [6.07, 6.45) is 1.75. The average molecular weight is 451 g/mol. The Morgan fingerprint density at radius 3 is 2.52 bits per heavy atom. The van der Waals surface area contributed by atoms with Crippen molar-refractivity contribution in [3.05, 3.63) is 63.3 Å². The van der Waals surface area contributed by atoms with Crippen LogP contribution in [-0.2, 0) is 11.4 Å². The molecule has 0 radical (unpaired) electrons. The highest BCUT2D eigenvalue weighted by atomic mass is 35.5. The van der Waals surface area contributed by atoms with E-state index in [4.69, 9.17) is 44.9 Å². The fourth-order valence-corrected chi connectivity index (χ4v) is 3.46. The SMILES string of the molecule is CCOc1cc(/C=C2\NC(=S)N(CC)C2=O)ccc1OCc1ccc(Cl)c(Cl)c1. The molecule has 2 aromatic carbocycles. The maximum absolute atomic E-state index is 12.4. The van der Waals surface area contributed by atoms with Gasteiger partial charge in [-0.25, -0.2) is 0 Å². The van der Waals surface area contributed by atoms with E-state index in [1.807, 2.05) is 38.1 Å². The van der Waals surface area contributed by atoms with Gasteiger partial charge in [-0.2, -0.15) is 0 Å². The first-order chi connectivity index (χ1) is 13.9. The summed E-state index contributed by atoms with van der Waals surface area (Å²) in [6.45, 7) is 5.09. The predicted molar refractivity (Wildman–Crippen MR) is 120 cm³/mol. The van der Waals surface area contributed by atoms with E-state index in [-0.39, 0.29) is 5.91 Å². The molecule has 0 aromatic heterocycles. The number of carbonyl (C=O) groups excluding carboxylic acids is 1. The highest BCUT2D eigenvalue weighted by Crippen LogP contribution is 2.31. The number of thiocarbonyl (C=S) groups is 1. The van der Waals surface area contributed by atoms with E-state index in [9.17, 15) is 4.79 Å². The van der Waals surface area contributed by atoms with E-state index in [1.54, 1.807) is 18.2 Å². The molecule has 0 aliphatic carbocycles. The minimum absolute atomic E-state index is 0.143. The van der Waals surface area contributed by atoms with Crippen molar-refractivity contribution in [2.75, 3.05) is 13.2 Å². The second-order valence-corrected chi connectivity index (χ2v) is 7.41. The Hall–Kier alpha value is -2.28. The van der Waals surface area contributed by atoms with Crippen LogP contribution in [0.4, 0.5) is 0 Å². The van der Waals surface area contributed by atoms with Gasteiger partial charge in [-0.05, 0) is 67.5 Å². The lowest BCUT2D eigenvalue weighted by molar-refractivity contribution is -0.122. The molecule has 0 unspecified atom stereocenters. The second-order valence-electron chi connectivity index (χ2n) is 6.21. The van der Waals surface area contributed by atoms with E-state index in [1.165, 1.54) is 4.90 Å². The van der Waals surface area contributed by atoms with E-state index < -0.39 is 0 Å². The molecule has 5 nitrogen and oxygen atoms in total. The molecule has 2 aromatic rings. The number of benzene rings is 2. The van der Waals surface area contributed by atoms with Crippen LogP contribution in [0.2, 0.25) is 10.0 Å². The van der Waals surface area contributed by atoms with Gasteiger partial charge < -0.3 is 14.8 Å². The molecule has 1 saturated heterocycles. The zero-order valence-corrected chi connectivity index (χ0v) is 18.3. The van der Waals surface area contributed by atoms with Crippen molar-refractivity contribution in [3.63, 3.8) is 0 Å². The van der Waals surface area contributed by atoms with E-state index >= 15 is 0 Å². The van der Waals surface area contributed by atoms with Crippen LogP contribution in [0, 0.1) is 0 Å². The van der Waals surface area contributed by atoms with Crippen molar-refractivity contribution in [2.24, 2.45) is 0 Å². The van der Waals surface area contributed by atoms with Gasteiger partial charge in [0.05, 0.1) is 16.7 Å². The molecule has 0 spiro atoms. The second kappa shape index (κ2) is 9.48. The third-order valence-electron chi connectivity index (χ3n) is 4.24. The van der Waals surface area contributed by atoms with Crippen LogP contribution < -0.4 is 14.8 Å². The van der Waals surface area contributed by atoms with Crippen LogP contribution >= 0.6 is 35.4 Å². The molecular formula is C21H20Cl2N2O3S. The van der Waals surface area contributed by atoms with Crippen LogP contribution in [0.5, 0.6) is 11.5 Å². The highest BCUT2D eigenvalue weighted by molar-refractivity contribution is 7.80. The van der Waals surface area contributed by atoms with E-state index in [0.717, 1.165) is 11.1 Å². The molecule has 3 rings (SSSR count). The molecular weight excluding hydrogens is 431 g/mol. The third-order valence-corrected chi connectivity index (χ3v) is 5.30. The fraction of sp³-hybridized carbons (Fsp3) is 0.238. The minimum atomic E-state index is -0.143. The number of amides is 1. The topological polar surface area (TPSA) is 50.8 Å². The largest absolute Gasteiger partial charge is 0.490 e.